The second kappa shape index (κ2) is 7.33. The maximum Gasteiger partial charge on any atom is 0.293 e. The number of ether oxygens (including phenoxy) is 1. The van der Waals surface area contributed by atoms with Crippen molar-refractivity contribution in [3.05, 3.63) is 68.2 Å². The van der Waals surface area contributed by atoms with Gasteiger partial charge in [-0.2, -0.15) is 0 Å². The summed E-state index contributed by atoms with van der Waals surface area (Å²) in [5, 5.41) is 11.5. The minimum absolute atomic E-state index is 0.0517. The van der Waals surface area contributed by atoms with Crippen LogP contribution in [0.3, 0.4) is 0 Å². The molecule has 1 unspecified atom stereocenters. The number of nitro groups is 1. The molecule has 1 heterocycles. The van der Waals surface area contributed by atoms with Crippen molar-refractivity contribution in [3.63, 3.8) is 0 Å². The normalized spacial score (nSPS) is 17.4. The molecule has 0 spiro atoms. The van der Waals surface area contributed by atoms with Crippen LogP contribution in [0.5, 0.6) is 0 Å². The second-order valence-corrected chi connectivity index (χ2v) is 6.79. The summed E-state index contributed by atoms with van der Waals surface area (Å²) in [6, 6.07) is 12.5. The van der Waals surface area contributed by atoms with E-state index in [1.807, 2.05) is 29.2 Å². The third-order valence-electron chi connectivity index (χ3n) is 4.23. The molecule has 3 rings (SSSR count). The Bertz CT molecular complexity index is 807. The number of carbonyl (C=O) groups excluding carboxylic acids is 1. The first-order valence-corrected chi connectivity index (χ1v) is 8.66. The van der Waals surface area contributed by atoms with E-state index in [9.17, 15) is 14.9 Å². The van der Waals surface area contributed by atoms with Crippen LogP contribution in [-0.4, -0.2) is 30.4 Å². The van der Waals surface area contributed by atoms with Gasteiger partial charge in [0.2, 0.25) is 0 Å². The summed E-state index contributed by atoms with van der Waals surface area (Å²) in [6.45, 7) is 2.96. The van der Waals surface area contributed by atoms with Gasteiger partial charge in [0.15, 0.2) is 5.78 Å². The van der Waals surface area contributed by atoms with Crippen molar-refractivity contribution in [1.29, 1.82) is 0 Å². The Morgan fingerprint density at radius 2 is 2.00 bits per heavy atom. The number of Topliss-reactive ketones (excluding diaryl/α,β-unsaturated/α-hetero) is 1. The fourth-order valence-corrected chi connectivity index (χ4v) is 3.17. The van der Waals surface area contributed by atoms with Crippen LogP contribution >= 0.6 is 15.9 Å². The van der Waals surface area contributed by atoms with Gasteiger partial charge in [-0.05, 0) is 36.8 Å². The third kappa shape index (κ3) is 3.88. The third-order valence-corrected chi connectivity index (χ3v) is 4.76. The van der Waals surface area contributed by atoms with Gasteiger partial charge >= 0.3 is 0 Å². The highest BCUT2D eigenvalue weighted by molar-refractivity contribution is 9.10. The average molecular weight is 405 g/mol. The van der Waals surface area contributed by atoms with E-state index in [0.717, 1.165) is 10.0 Å². The molecule has 1 fully saturated rings. The SMILES string of the molecule is CC(=O)c1ccc(N2CCOC(c3ccc(Br)cc3)C2)c([N+](=O)[O-])c1. The number of rotatable bonds is 4. The maximum absolute atomic E-state index is 11.5. The highest BCUT2D eigenvalue weighted by Crippen LogP contribution is 2.33. The number of morpholine rings is 1. The number of carbonyl (C=O) groups is 1. The van der Waals surface area contributed by atoms with Gasteiger partial charge in [-0.3, -0.25) is 14.9 Å². The van der Waals surface area contributed by atoms with Crippen molar-refractivity contribution in [2.75, 3.05) is 24.6 Å². The molecule has 2 aromatic carbocycles. The molecule has 6 nitrogen and oxygen atoms in total. The molecule has 0 radical (unpaired) electrons. The standard InChI is InChI=1S/C18H17BrN2O4/c1-12(22)14-4-7-16(17(10-14)21(23)24)20-8-9-25-18(11-20)13-2-5-15(19)6-3-13/h2-7,10,18H,8-9,11H2,1H3. The molecule has 0 saturated carbocycles. The van der Waals surface area contributed by atoms with Crippen LogP contribution in [0.1, 0.15) is 28.9 Å². The molecule has 0 amide bonds. The van der Waals surface area contributed by atoms with E-state index in [-0.39, 0.29) is 17.6 Å². The number of hydrogen-bond donors (Lipinski definition) is 0. The molecule has 130 valence electrons. The van der Waals surface area contributed by atoms with Gasteiger partial charge in [0, 0.05) is 29.2 Å². The van der Waals surface area contributed by atoms with Gasteiger partial charge < -0.3 is 9.64 Å². The van der Waals surface area contributed by atoms with Crippen LogP contribution in [0.15, 0.2) is 46.9 Å². The summed E-state index contributed by atoms with van der Waals surface area (Å²) in [5.41, 5.74) is 1.83. The van der Waals surface area contributed by atoms with Crippen molar-refractivity contribution in [2.24, 2.45) is 0 Å². The number of ketones is 1. The van der Waals surface area contributed by atoms with Crippen LogP contribution in [0.4, 0.5) is 11.4 Å². The number of halogens is 1. The van der Waals surface area contributed by atoms with Crippen molar-refractivity contribution in [1.82, 2.24) is 0 Å². The zero-order valence-electron chi connectivity index (χ0n) is 13.6. The van der Waals surface area contributed by atoms with Crippen molar-refractivity contribution >= 4 is 33.1 Å². The monoisotopic (exact) mass is 404 g/mol. The fourth-order valence-electron chi connectivity index (χ4n) is 2.90. The predicted octanol–water partition coefficient (Wildman–Crippen LogP) is 4.14. The topological polar surface area (TPSA) is 72.7 Å². The Hall–Kier alpha value is -2.25. The highest BCUT2D eigenvalue weighted by atomic mass is 79.9. The van der Waals surface area contributed by atoms with Crippen molar-refractivity contribution in [3.8, 4) is 0 Å². The Morgan fingerprint density at radius 1 is 1.28 bits per heavy atom. The van der Waals surface area contributed by atoms with Crippen molar-refractivity contribution < 1.29 is 14.5 Å². The Morgan fingerprint density at radius 3 is 2.64 bits per heavy atom. The Labute approximate surface area is 153 Å². The summed E-state index contributed by atoms with van der Waals surface area (Å²) in [5.74, 6) is -0.190. The summed E-state index contributed by atoms with van der Waals surface area (Å²) in [7, 11) is 0. The minimum Gasteiger partial charge on any atom is -0.370 e. The number of nitro benzene ring substituents is 1. The summed E-state index contributed by atoms with van der Waals surface area (Å²) < 4.78 is 6.82. The second-order valence-electron chi connectivity index (χ2n) is 5.87. The summed E-state index contributed by atoms with van der Waals surface area (Å²) in [4.78, 5) is 24.5. The molecule has 0 N–H and O–H groups in total. The number of nitrogens with zero attached hydrogens (tertiary/aromatic N) is 2. The van der Waals surface area contributed by atoms with E-state index in [0.29, 0.717) is 30.9 Å². The number of anilines is 1. The molecule has 0 bridgehead atoms. The molecule has 1 aliphatic rings. The van der Waals surface area contributed by atoms with Gasteiger partial charge in [-0.15, -0.1) is 0 Å². The Kier molecular flexibility index (Phi) is 5.15. The molecule has 25 heavy (non-hydrogen) atoms. The van der Waals surface area contributed by atoms with E-state index in [1.165, 1.54) is 13.0 Å². The molecule has 0 aliphatic carbocycles. The van der Waals surface area contributed by atoms with Gasteiger partial charge in [0.25, 0.3) is 5.69 Å². The molecule has 1 aliphatic heterocycles. The van der Waals surface area contributed by atoms with Gasteiger partial charge in [-0.1, -0.05) is 28.1 Å². The zero-order valence-corrected chi connectivity index (χ0v) is 15.2. The smallest absolute Gasteiger partial charge is 0.293 e. The lowest BCUT2D eigenvalue weighted by Gasteiger charge is -2.34. The molecular weight excluding hydrogens is 388 g/mol. The summed E-state index contributed by atoms with van der Waals surface area (Å²) in [6.07, 6.45) is -0.158. The van der Waals surface area contributed by atoms with E-state index < -0.39 is 4.92 Å². The first-order valence-electron chi connectivity index (χ1n) is 7.87. The molecule has 2 aromatic rings. The fraction of sp³-hybridized carbons (Fsp3) is 0.278. The Balaban J connectivity index is 1.89. The van der Waals surface area contributed by atoms with E-state index in [2.05, 4.69) is 15.9 Å². The lowest BCUT2D eigenvalue weighted by molar-refractivity contribution is -0.384. The van der Waals surface area contributed by atoms with E-state index >= 15 is 0 Å². The van der Waals surface area contributed by atoms with Crippen LogP contribution in [0.2, 0.25) is 0 Å². The van der Waals surface area contributed by atoms with E-state index in [4.69, 9.17) is 4.74 Å². The molecule has 0 aromatic heterocycles. The molecular formula is C18H17BrN2O4. The van der Waals surface area contributed by atoms with E-state index in [1.54, 1.807) is 12.1 Å². The van der Waals surface area contributed by atoms with Crippen LogP contribution < -0.4 is 4.90 Å². The largest absolute Gasteiger partial charge is 0.370 e. The molecule has 1 atom stereocenters. The average Bonchev–Trinajstić information content (AvgIpc) is 2.62. The minimum atomic E-state index is -0.439. The van der Waals surface area contributed by atoms with Crippen LogP contribution in [0, 0.1) is 10.1 Å². The van der Waals surface area contributed by atoms with Gasteiger partial charge in [-0.25, -0.2) is 0 Å². The van der Waals surface area contributed by atoms with Gasteiger partial charge in [0.05, 0.1) is 11.5 Å². The first-order chi connectivity index (χ1) is 12.0. The number of hydrogen-bond acceptors (Lipinski definition) is 5. The maximum atomic E-state index is 11.5. The lowest BCUT2D eigenvalue weighted by atomic mass is 10.1. The van der Waals surface area contributed by atoms with Crippen LogP contribution in [-0.2, 0) is 4.74 Å². The van der Waals surface area contributed by atoms with Gasteiger partial charge in [0.1, 0.15) is 11.8 Å². The lowest BCUT2D eigenvalue weighted by Crippen LogP contribution is -2.38. The quantitative estimate of drug-likeness (QED) is 0.434. The first kappa shape index (κ1) is 17.6. The highest BCUT2D eigenvalue weighted by Gasteiger charge is 2.27. The molecule has 1 saturated heterocycles. The van der Waals surface area contributed by atoms with Crippen molar-refractivity contribution in [2.45, 2.75) is 13.0 Å². The molecule has 7 heteroatoms. The predicted molar refractivity (Wildman–Crippen MR) is 98.1 cm³/mol. The van der Waals surface area contributed by atoms with Crippen LogP contribution in [0.25, 0.3) is 0 Å². The summed E-state index contributed by atoms with van der Waals surface area (Å²) >= 11 is 3.41. The zero-order chi connectivity index (χ0) is 18.0. The number of benzene rings is 2.